The van der Waals surface area contributed by atoms with Gasteiger partial charge in [-0.25, -0.2) is 9.97 Å². The lowest BCUT2D eigenvalue weighted by Gasteiger charge is -1.95. The van der Waals surface area contributed by atoms with Gasteiger partial charge in [0.05, 0.1) is 10.9 Å². The standard InChI is InChI=1S/C11H8N4OS2/c1-6-4-8-7(5-13-6)14-11(18-8)15-9(16)10-12-2-3-17-10/h2-5H,1H3,(H,14,15,16). The van der Waals surface area contributed by atoms with Gasteiger partial charge in [0.1, 0.15) is 5.52 Å². The van der Waals surface area contributed by atoms with Gasteiger partial charge in [-0.15, -0.1) is 11.3 Å². The Morgan fingerprint density at radius 2 is 2.28 bits per heavy atom. The number of thiazole rings is 2. The fourth-order valence-corrected chi connectivity index (χ4v) is 2.93. The van der Waals surface area contributed by atoms with Crippen LogP contribution in [0.25, 0.3) is 10.2 Å². The molecule has 0 saturated heterocycles. The highest BCUT2D eigenvalue weighted by molar-refractivity contribution is 7.22. The van der Waals surface area contributed by atoms with Crippen LogP contribution in [0.4, 0.5) is 5.13 Å². The second-order valence-corrected chi connectivity index (χ2v) is 5.53. The molecule has 1 N–H and O–H groups in total. The SMILES string of the molecule is Cc1cc2sc(NC(=O)c3nccs3)nc2cn1. The van der Waals surface area contributed by atoms with Gasteiger partial charge in [-0.1, -0.05) is 11.3 Å². The lowest BCUT2D eigenvalue weighted by atomic mass is 10.4. The fraction of sp³-hybridized carbons (Fsp3) is 0.0909. The van der Waals surface area contributed by atoms with Crippen LogP contribution in [0.5, 0.6) is 0 Å². The summed E-state index contributed by atoms with van der Waals surface area (Å²) in [6.07, 6.45) is 3.31. The van der Waals surface area contributed by atoms with Crippen molar-refractivity contribution in [2.45, 2.75) is 6.92 Å². The molecule has 3 heterocycles. The van der Waals surface area contributed by atoms with Crippen molar-refractivity contribution in [2.24, 2.45) is 0 Å². The van der Waals surface area contributed by atoms with Gasteiger partial charge in [0.2, 0.25) is 0 Å². The molecule has 0 aromatic carbocycles. The maximum Gasteiger partial charge on any atom is 0.286 e. The van der Waals surface area contributed by atoms with E-state index in [0.29, 0.717) is 10.1 Å². The lowest BCUT2D eigenvalue weighted by molar-refractivity contribution is 0.102. The van der Waals surface area contributed by atoms with Crippen LogP contribution in [0.1, 0.15) is 15.5 Å². The van der Waals surface area contributed by atoms with E-state index < -0.39 is 0 Å². The van der Waals surface area contributed by atoms with E-state index in [1.807, 2.05) is 13.0 Å². The van der Waals surface area contributed by atoms with Gasteiger partial charge in [0, 0.05) is 17.3 Å². The molecule has 0 bridgehead atoms. The summed E-state index contributed by atoms with van der Waals surface area (Å²) in [5, 5.41) is 5.51. The smallest absolute Gasteiger partial charge is 0.286 e. The van der Waals surface area contributed by atoms with Crippen LogP contribution in [0.3, 0.4) is 0 Å². The normalized spacial score (nSPS) is 10.7. The Bertz CT molecular complexity index is 705. The quantitative estimate of drug-likeness (QED) is 0.781. The van der Waals surface area contributed by atoms with Crippen molar-refractivity contribution in [1.29, 1.82) is 0 Å². The second-order valence-electron chi connectivity index (χ2n) is 3.60. The van der Waals surface area contributed by atoms with E-state index in [1.165, 1.54) is 22.7 Å². The number of nitrogens with zero attached hydrogens (tertiary/aromatic N) is 3. The largest absolute Gasteiger partial charge is 0.296 e. The summed E-state index contributed by atoms with van der Waals surface area (Å²) in [6, 6.07) is 1.95. The molecular weight excluding hydrogens is 268 g/mol. The van der Waals surface area contributed by atoms with Gasteiger partial charge in [0.25, 0.3) is 5.91 Å². The number of nitrogens with one attached hydrogen (secondary N) is 1. The van der Waals surface area contributed by atoms with E-state index in [4.69, 9.17) is 0 Å². The Labute approximate surface area is 111 Å². The monoisotopic (exact) mass is 276 g/mol. The molecule has 0 saturated carbocycles. The van der Waals surface area contributed by atoms with Crippen molar-refractivity contribution in [3.05, 3.63) is 34.5 Å². The first kappa shape index (κ1) is 11.2. The van der Waals surface area contributed by atoms with Crippen molar-refractivity contribution in [3.8, 4) is 0 Å². The van der Waals surface area contributed by atoms with Gasteiger partial charge in [-0.05, 0) is 13.0 Å². The highest BCUT2D eigenvalue weighted by atomic mass is 32.1. The van der Waals surface area contributed by atoms with Crippen molar-refractivity contribution in [1.82, 2.24) is 15.0 Å². The van der Waals surface area contributed by atoms with Gasteiger partial charge >= 0.3 is 0 Å². The highest BCUT2D eigenvalue weighted by Crippen LogP contribution is 2.26. The predicted molar refractivity (Wildman–Crippen MR) is 72.2 cm³/mol. The molecule has 5 nitrogen and oxygen atoms in total. The van der Waals surface area contributed by atoms with Crippen LogP contribution in [0, 0.1) is 6.92 Å². The number of hydrogen-bond acceptors (Lipinski definition) is 6. The number of amides is 1. The maximum atomic E-state index is 11.8. The average molecular weight is 276 g/mol. The first-order valence-corrected chi connectivity index (χ1v) is 6.86. The van der Waals surface area contributed by atoms with Crippen molar-refractivity contribution in [3.63, 3.8) is 0 Å². The molecule has 18 heavy (non-hydrogen) atoms. The minimum Gasteiger partial charge on any atom is -0.296 e. The Morgan fingerprint density at radius 3 is 3.06 bits per heavy atom. The second kappa shape index (κ2) is 4.43. The summed E-state index contributed by atoms with van der Waals surface area (Å²) in [6.45, 7) is 1.92. The van der Waals surface area contributed by atoms with Crippen LogP contribution in [-0.4, -0.2) is 20.9 Å². The highest BCUT2D eigenvalue weighted by Gasteiger charge is 2.11. The minimum atomic E-state index is -0.228. The maximum absolute atomic E-state index is 11.8. The Hall–Kier alpha value is -1.86. The number of pyridine rings is 1. The van der Waals surface area contributed by atoms with E-state index in [9.17, 15) is 4.79 Å². The molecule has 3 aromatic rings. The van der Waals surface area contributed by atoms with Gasteiger partial charge < -0.3 is 0 Å². The van der Waals surface area contributed by atoms with Gasteiger partial charge in [0.15, 0.2) is 10.1 Å². The third-order valence-corrected chi connectivity index (χ3v) is 3.96. The van der Waals surface area contributed by atoms with E-state index in [0.717, 1.165) is 15.9 Å². The number of hydrogen-bond donors (Lipinski definition) is 1. The Balaban J connectivity index is 1.89. The zero-order valence-corrected chi connectivity index (χ0v) is 11.0. The van der Waals surface area contributed by atoms with Crippen LogP contribution in [0.2, 0.25) is 0 Å². The Kier molecular flexibility index (Phi) is 2.77. The summed E-state index contributed by atoms with van der Waals surface area (Å²) in [5.41, 5.74) is 1.73. The lowest BCUT2D eigenvalue weighted by Crippen LogP contribution is -2.10. The van der Waals surface area contributed by atoms with Crippen molar-refractivity contribution in [2.75, 3.05) is 5.32 Å². The van der Waals surface area contributed by atoms with Gasteiger partial charge in [-0.3, -0.25) is 15.1 Å². The number of aryl methyl sites for hydroxylation is 1. The van der Waals surface area contributed by atoms with E-state index >= 15 is 0 Å². The third kappa shape index (κ3) is 2.09. The fourth-order valence-electron chi connectivity index (χ4n) is 1.47. The van der Waals surface area contributed by atoms with Crippen LogP contribution in [-0.2, 0) is 0 Å². The first-order valence-electron chi connectivity index (χ1n) is 5.16. The minimum absolute atomic E-state index is 0.228. The number of aromatic nitrogens is 3. The summed E-state index contributed by atoms with van der Waals surface area (Å²) in [5.74, 6) is -0.228. The molecular formula is C11H8N4OS2. The molecule has 0 fully saturated rings. The molecule has 3 aromatic heterocycles. The molecule has 90 valence electrons. The Morgan fingerprint density at radius 1 is 1.39 bits per heavy atom. The topological polar surface area (TPSA) is 67.8 Å². The zero-order chi connectivity index (χ0) is 12.5. The first-order chi connectivity index (χ1) is 8.72. The summed E-state index contributed by atoms with van der Waals surface area (Å²) in [7, 11) is 0. The summed E-state index contributed by atoms with van der Waals surface area (Å²) >= 11 is 2.73. The van der Waals surface area contributed by atoms with Gasteiger partial charge in [-0.2, -0.15) is 0 Å². The van der Waals surface area contributed by atoms with Crippen LogP contribution >= 0.6 is 22.7 Å². The predicted octanol–water partition coefficient (Wildman–Crippen LogP) is 2.71. The van der Waals surface area contributed by atoms with Crippen molar-refractivity contribution >= 4 is 43.9 Å². The molecule has 0 radical (unpaired) electrons. The van der Waals surface area contributed by atoms with E-state index in [-0.39, 0.29) is 5.91 Å². The zero-order valence-electron chi connectivity index (χ0n) is 9.38. The van der Waals surface area contributed by atoms with Crippen molar-refractivity contribution < 1.29 is 4.79 Å². The van der Waals surface area contributed by atoms with Crippen LogP contribution in [0.15, 0.2) is 23.8 Å². The number of carbonyl (C=O) groups excluding carboxylic acids is 1. The molecule has 0 atom stereocenters. The summed E-state index contributed by atoms with van der Waals surface area (Å²) in [4.78, 5) is 24.2. The average Bonchev–Trinajstić information content (AvgIpc) is 2.95. The van der Waals surface area contributed by atoms with E-state index in [1.54, 1.807) is 17.8 Å². The molecule has 3 rings (SSSR count). The molecule has 0 spiro atoms. The number of rotatable bonds is 2. The van der Waals surface area contributed by atoms with Crippen LogP contribution < -0.4 is 5.32 Å². The molecule has 0 unspecified atom stereocenters. The van der Waals surface area contributed by atoms with E-state index in [2.05, 4.69) is 20.3 Å². The molecule has 0 aliphatic heterocycles. The third-order valence-electron chi connectivity index (χ3n) is 2.26. The molecule has 0 aliphatic carbocycles. The molecule has 7 heteroatoms. The summed E-state index contributed by atoms with van der Waals surface area (Å²) < 4.78 is 1.01. The molecule has 0 aliphatic rings. The number of anilines is 1. The number of carbonyl (C=O) groups is 1. The number of fused-ring (bicyclic) bond motifs is 1. The molecule has 1 amide bonds.